The maximum atomic E-state index is 13.0. The molecule has 0 bridgehead atoms. The molecule has 0 aliphatic heterocycles. The molecule has 0 aromatic carbocycles. The lowest BCUT2D eigenvalue weighted by Crippen LogP contribution is -2.37. The van der Waals surface area contributed by atoms with Gasteiger partial charge in [0.25, 0.3) is 0 Å². The lowest BCUT2D eigenvalue weighted by Gasteiger charge is -2.19. The lowest BCUT2D eigenvalue weighted by atomic mass is 10.1. The Balaban J connectivity index is 1.99. The van der Waals surface area contributed by atoms with E-state index < -0.39 is 5.82 Å². The second-order valence-electron chi connectivity index (χ2n) is 5.32. The third-order valence-corrected chi connectivity index (χ3v) is 2.41. The molecule has 0 amide bonds. The SMILES string of the molecule is CC(C)(C)NCCc1nnc(-c2cncc(F)c2)o1. The van der Waals surface area contributed by atoms with Crippen LogP contribution in [-0.2, 0) is 6.42 Å². The Hall–Kier alpha value is -1.82. The van der Waals surface area contributed by atoms with E-state index in [4.69, 9.17) is 4.42 Å². The highest BCUT2D eigenvalue weighted by molar-refractivity contribution is 5.50. The number of halogens is 1. The van der Waals surface area contributed by atoms with Crippen LogP contribution in [0.3, 0.4) is 0 Å². The molecule has 102 valence electrons. The summed E-state index contributed by atoms with van der Waals surface area (Å²) in [6.07, 6.45) is 3.26. The Morgan fingerprint density at radius 3 is 2.74 bits per heavy atom. The van der Waals surface area contributed by atoms with Crippen molar-refractivity contribution in [2.24, 2.45) is 0 Å². The van der Waals surface area contributed by atoms with Crippen LogP contribution < -0.4 is 5.32 Å². The van der Waals surface area contributed by atoms with Crippen LogP contribution in [0.1, 0.15) is 26.7 Å². The Morgan fingerprint density at radius 2 is 2.05 bits per heavy atom. The van der Waals surface area contributed by atoms with Crippen molar-refractivity contribution in [2.75, 3.05) is 6.54 Å². The standard InChI is InChI=1S/C13H17FN4O/c1-13(2,3)16-5-4-11-17-18-12(19-11)9-6-10(14)8-15-7-9/h6-8,16H,4-5H2,1-3H3. The van der Waals surface area contributed by atoms with Gasteiger partial charge in [-0.15, -0.1) is 10.2 Å². The highest BCUT2D eigenvalue weighted by Crippen LogP contribution is 2.17. The molecule has 0 unspecified atom stereocenters. The van der Waals surface area contributed by atoms with Crippen LogP contribution in [0, 0.1) is 5.82 Å². The summed E-state index contributed by atoms with van der Waals surface area (Å²) >= 11 is 0. The van der Waals surface area contributed by atoms with Gasteiger partial charge in [0.2, 0.25) is 11.8 Å². The number of nitrogens with zero attached hydrogens (tertiary/aromatic N) is 3. The van der Waals surface area contributed by atoms with Gasteiger partial charge in [-0.1, -0.05) is 0 Å². The van der Waals surface area contributed by atoms with Gasteiger partial charge in [0.1, 0.15) is 5.82 Å². The second-order valence-corrected chi connectivity index (χ2v) is 5.32. The number of aromatic nitrogens is 3. The van der Waals surface area contributed by atoms with E-state index in [9.17, 15) is 4.39 Å². The van der Waals surface area contributed by atoms with Gasteiger partial charge in [-0.25, -0.2) is 4.39 Å². The van der Waals surface area contributed by atoms with E-state index in [2.05, 4.69) is 41.3 Å². The topological polar surface area (TPSA) is 63.8 Å². The summed E-state index contributed by atoms with van der Waals surface area (Å²) in [4.78, 5) is 3.75. The van der Waals surface area contributed by atoms with Gasteiger partial charge < -0.3 is 9.73 Å². The maximum absolute atomic E-state index is 13.0. The molecule has 6 heteroatoms. The van der Waals surface area contributed by atoms with Gasteiger partial charge in [0, 0.05) is 24.7 Å². The average molecular weight is 264 g/mol. The first-order chi connectivity index (χ1) is 8.94. The molecule has 2 aromatic rings. The zero-order valence-corrected chi connectivity index (χ0v) is 11.3. The van der Waals surface area contributed by atoms with Crippen molar-refractivity contribution in [2.45, 2.75) is 32.7 Å². The van der Waals surface area contributed by atoms with Crippen LogP contribution >= 0.6 is 0 Å². The second kappa shape index (κ2) is 5.44. The summed E-state index contributed by atoms with van der Waals surface area (Å²) in [7, 11) is 0. The molecule has 2 rings (SSSR count). The Labute approximate surface area is 111 Å². The first kappa shape index (κ1) is 13.6. The summed E-state index contributed by atoms with van der Waals surface area (Å²) in [6.45, 7) is 7.01. The zero-order valence-electron chi connectivity index (χ0n) is 11.3. The van der Waals surface area contributed by atoms with Crippen molar-refractivity contribution in [1.82, 2.24) is 20.5 Å². The predicted molar refractivity (Wildman–Crippen MR) is 68.9 cm³/mol. The van der Waals surface area contributed by atoms with Crippen LogP contribution in [-0.4, -0.2) is 27.3 Å². The van der Waals surface area contributed by atoms with Crippen molar-refractivity contribution in [3.05, 3.63) is 30.2 Å². The van der Waals surface area contributed by atoms with E-state index in [1.807, 2.05) is 0 Å². The number of rotatable bonds is 4. The molecule has 0 aliphatic carbocycles. The first-order valence-electron chi connectivity index (χ1n) is 6.12. The number of nitrogens with one attached hydrogen (secondary N) is 1. The highest BCUT2D eigenvalue weighted by atomic mass is 19.1. The van der Waals surface area contributed by atoms with Crippen molar-refractivity contribution < 1.29 is 8.81 Å². The van der Waals surface area contributed by atoms with Crippen LogP contribution in [0.4, 0.5) is 4.39 Å². The highest BCUT2D eigenvalue weighted by Gasteiger charge is 2.12. The maximum Gasteiger partial charge on any atom is 0.249 e. The van der Waals surface area contributed by atoms with E-state index in [1.165, 1.54) is 12.3 Å². The first-order valence-corrected chi connectivity index (χ1v) is 6.12. The molecule has 0 radical (unpaired) electrons. The monoisotopic (exact) mass is 264 g/mol. The van der Waals surface area contributed by atoms with Gasteiger partial charge >= 0.3 is 0 Å². The van der Waals surface area contributed by atoms with Crippen molar-refractivity contribution in [1.29, 1.82) is 0 Å². The predicted octanol–water partition coefficient (Wildman–Crippen LogP) is 2.20. The summed E-state index contributed by atoms with van der Waals surface area (Å²) in [5, 5.41) is 11.2. The Morgan fingerprint density at radius 1 is 1.26 bits per heavy atom. The van der Waals surface area contributed by atoms with Gasteiger partial charge in [-0.05, 0) is 26.8 Å². The van der Waals surface area contributed by atoms with E-state index in [-0.39, 0.29) is 11.4 Å². The van der Waals surface area contributed by atoms with Crippen LogP contribution in [0.25, 0.3) is 11.5 Å². The minimum absolute atomic E-state index is 0.0509. The molecule has 2 aromatic heterocycles. The third-order valence-electron chi connectivity index (χ3n) is 2.41. The molecule has 0 fully saturated rings. The van der Waals surface area contributed by atoms with E-state index >= 15 is 0 Å². The summed E-state index contributed by atoms with van der Waals surface area (Å²) in [6, 6.07) is 1.32. The largest absolute Gasteiger partial charge is 0.421 e. The van der Waals surface area contributed by atoms with E-state index in [1.54, 1.807) is 0 Å². The summed E-state index contributed by atoms with van der Waals surface area (Å²) in [5.74, 6) is 0.389. The molecule has 19 heavy (non-hydrogen) atoms. The van der Waals surface area contributed by atoms with Crippen LogP contribution in [0.2, 0.25) is 0 Å². The van der Waals surface area contributed by atoms with Gasteiger partial charge in [0.15, 0.2) is 0 Å². The fourth-order valence-corrected chi connectivity index (χ4v) is 1.54. The fourth-order valence-electron chi connectivity index (χ4n) is 1.54. The van der Waals surface area contributed by atoms with E-state index in [0.29, 0.717) is 17.9 Å². The van der Waals surface area contributed by atoms with Gasteiger partial charge in [-0.3, -0.25) is 4.98 Å². The van der Waals surface area contributed by atoms with Crippen molar-refractivity contribution >= 4 is 0 Å². The molecule has 0 aliphatic rings. The molecule has 2 heterocycles. The van der Waals surface area contributed by atoms with Crippen LogP contribution in [0.15, 0.2) is 22.9 Å². The molecule has 0 saturated heterocycles. The minimum atomic E-state index is -0.424. The van der Waals surface area contributed by atoms with E-state index in [0.717, 1.165) is 12.7 Å². The van der Waals surface area contributed by atoms with Gasteiger partial charge in [0.05, 0.1) is 11.8 Å². The smallest absolute Gasteiger partial charge is 0.249 e. The summed E-state index contributed by atoms with van der Waals surface area (Å²) in [5.41, 5.74) is 0.539. The van der Waals surface area contributed by atoms with Gasteiger partial charge in [-0.2, -0.15) is 0 Å². The molecular formula is C13H17FN4O. The Bertz CT molecular complexity index is 548. The molecule has 5 nitrogen and oxygen atoms in total. The minimum Gasteiger partial charge on any atom is -0.421 e. The number of hydrogen-bond acceptors (Lipinski definition) is 5. The molecular weight excluding hydrogens is 247 g/mol. The fraction of sp³-hybridized carbons (Fsp3) is 0.462. The molecule has 1 N–H and O–H groups in total. The number of hydrogen-bond donors (Lipinski definition) is 1. The summed E-state index contributed by atoms with van der Waals surface area (Å²) < 4.78 is 18.5. The molecule has 0 spiro atoms. The zero-order chi connectivity index (χ0) is 13.9. The average Bonchev–Trinajstić information content (AvgIpc) is 2.76. The normalized spacial score (nSPS) is 11.8. The third kappa shape index (κ3) is 4.10. The lowest BCUT2D eigenvalue weighted by molar-refractivity contribution is 0.411. The Kier molecular flexibility index (Phi) is 3.90. The van der Waals surface area contributed by atoms with Crippen molar-refractivity contribution in [3.63, 3.8) is 0 Å². The molecule has 0 saturated carbocycles. The quantitative estimate of drug-likeness (QED) is 0.917. The molecule has 0 atom stereocenters. The van der Waals surface area contributed by atoms with Crippen LogP contribution in [0.5, 0.6) is 0 Å². The number of pyridine rings is 1. The van der Waals surface area contributed by atoms with Crippen molar-refractivity contribution in [3.8, 4) is 11.5 Å².